The van der Waals surface area contributed by atoms with Gasteiger partial charge < -0.3 is 10.1 Å². The van der Waals surface area contributed by atoms with Crippen LogP contribution in [0.2, 0.25) is 0 Å². The number of allylic oxidation sites excluding steroid dienone is 1. The van der Waals surface area contributed by atoms with Crippen molar-refractivity contribution < 1.29 is 9.53 Å². The van der Waals surface area contributed by atoms with E-state index in [1.165, 1.54) is 5.57 Å². The van der Waals surface area contributed by atoms with Crippen LogP contribution in [0.1, 0.15) is 26.2 Å². The molecule has 1 unspecified atom stereocenters. The molecule has 3 nitrogen and oxygen atoms in total. The van der Waals surface area contributed by atoms with Gasteiger partial charge >= 0.3 is 5.97 Å². The van der Waals surface area contributed by atoms with E-state index in [9.17, 15) is 4.79 Å². The van der Waals surface area contributed by atoms with Crippen LogP contribution in [0.3, 0.4) is 0 Å². The minimum absolute atomic E-state index is 0.00153. The fourth-order valence-corrected chi connectivity index (χ4v) is 3.40. The summed E-state index contributed by atoms with van der Waals surface area (Å²) in [7, 11) is 0. The lowest BCUT2D eigenvalue weighted by molar-refractivity contribution is -0.157. The molecule has 2 fully saturated rings. The summed E-state index contributed by atoms with van der Waals surface area (Å²) in [5.74, 6) is 0.891. The second-order valence-corrected chi connectivity index (χ2v) is 5.14. The van der Waals surface area contributed by atoms with Crippen molar-refractivity contribution in [2.45, 2.75) is 31.8 Å². The molecule has 3 aliphatic rings. The predicted molar refractivity (Wildman–Crippen MR) is 56.3 cm³/mol. The Hall–Kier alpha value is -0.830. The molecule has 0 amide bonds. The molecule has 2 saturated heterocycles. The quantitative estimate of drug-likeness (QED) is 0.480. The van der Waals surface area contributed by atoms with Crippen LogP contribution in [0.4, 0.5) is 0 Å². The third kappa shape index (κ3) is 1.26. The van der Waals surface area contributed by atoms with Gasteiger partial charge in [-0.1, -0.05) is 11.6 Å². The highest BCUT2D eigenvalue weighted by atomic mass is 16.6. The Bertz CT molecular complexity index is 337. The van der Waals surface area contributed by atoms with Gasteiger partial charge in [-0.25, -0.2) is 0 Å². The Morgan fingerprint density at radius 2 is 2.13 bits per heavy atom. The van der Waals surface area contributed by atoms with E-state index in [0.29, 0.717) is 18.3 Å². The Morgan fingerprint density at radius 1 is 1.40 bits per heavy atom. The van der Waals surface area contributed by atoms with Crippen LogP contribution in [-0.4, -0.2) is 24.7 Å². The van der Waals surface area contributed by atoms with E-state index in [2.05, 4.69) is 18.3 Å². The fraction of sp³-hybridized carbons (Fsp3) is 0.750. The molecule has 0 bridgehead atoms. The van der Waals surface area contributed by atoms with Crippen LogP contribution in [0.25, 0.3) is 0 Å². The van der Waals surface area contributed by atoms with Crippen molar-refractivity contribution >= 4 is 5.97 Å². The lowest BCUT2D eigenvalue weighted by Gasteiger charge is -2.46. The number of nitrogens with one attached hydrogen (secondary N) is 1. The van der Waals surface area contributed by atoms with Gasteiger partial charge in [0.25, 0.3) is 0 Å². The maximum atomic E-state index is 11.5. The van der Waals surface area contributed by atoms with Crippen molar-refractivity contribution in [1.82, 2.24) is 5.32 Å². The smallest absolute Gasteiger partial charge is 0.306 e. The number of rotatable bonds is 0. The first kappa shape index (κ1) is 9.40. The second kappa shape index (κ2) is 3.08. The summed E-state index contributed by atoms with van der Waals surface area (Å²) in [6, 6.07) is 0. The third-order valence-electron chi connectivity index (χ3n) is 4.22. The number of piperidine rings is 1. The van der Waals surface area contributed by atoms with Crippen molar-refractivity contribution in [1.29, 1.82) is 0 Å². The van der Waals surface area contributed by atoms with Gasteiger partial charge in [0.1, 0.15) is 5.60 Å². The Balaban J connectivity index is 1.97. The summed E-state index contributed by atoms with van der Waals surface area (Å²) >= 11 is 0. The summed E-state index contributed by atoms with van der Waals surface area (Å²) in [5.41, 5.74) is 1.29. The van der Waals surface area contributed by atoms with E-state index in [4.69, 9.17) is 4.74 Å². The highest BCUT2D eigenvalue weighted by Gasteiger charge is 2.55. The van der Waals surface area contributed by atoms with E-state index in [-0.39, 0.29) is 11.6 Å². The molecule has 2 aliphatic heterocycles. The van der Waals surface area contributed by atoms with Crippen molar-refractivity contribution in [3.63, 3.8) is 0 Å². The second-order valence-electron chi connectivity index (χ2n) is 5.14. The third-order valence-corrected chi connectivity index (χ3v) is 4.22. The highest BCUT2D eigenvalue weighted by Crippen LogP contribution is 2.48. The van der Waals surface area contributed by atoms with E-state index >= 15 is 0 Å². The van der Waals surface area contributed by atoms with Crippen LogP contribution >= 0.6 is 0 Å². The molecule has 1 N–H and O–H groups in total. The standard InChI is InChI=1S/C12H17NO2/c1-8-2-3-12-9(4-8)6-13-7-10(12)5-11(14)15-12/h2,9-10,13H,3-7H2,1H3/t9?,10-,12+/m1/s1. The molecule has 0 radical (unpaired) electrons. The largest absolute Gasteiger partial charge is 0.458 e. The van der Waals surface area contributed by atoms with Gasteiger partial charge in [-0.15, -0.1) is 0 Å². The highest BCUT2D eigenvalue weighted by molar-refractivity contribution is 5.73. The molecule has 0 aromatic heterocycles. The zero-order valence-electron chi connectivity index (χ0n) is 9.08. The molecule has 3 heteroatoms. The van der Waals surface area contributed by atoms with Gasteiger partial charge in [0, 0.05) is 31.3 Å². The molecule has 15 heavy (non-hydrogen) atoms. The average Bonchev–Trinajstić information content (AvgIpc) is 2.52. The Morgan fingerprint density at radius 3 is 2.93 bits per heavy atom. The van der Waals surface area contributed by atoms with Crippen molar-refractivity contribution in [3.05, 3.63) is 11.6 Å². The Labute approximate surface area is 89.9 Å². The normalized spacial score (nSPS) is 44.1. The van der Waals surface area contributed by atoms with Gasteiger partial charge in [0.05, 0.1) is 6.42 Å². The van der Waals surface area contributed by atoms with Gasteiger partial charge in [-0.3, -0.25) is 4.79 Å². The summed E-state index contributed by atoms with van der Waals surface area (Å²) in [6.07, 6.45) is 4.88. The topological polar surface area (TPSA) is 38.3 Å². The van der Waals surface area contributed by atoms with E-state index in [0.717, 1.165) is 25.9 Å². The van der Waals surface area contributed by atoms with Gasteiger partial charge in [-0.05, 0) is 13.3 Å². The van der Waals surface area contributed by atoms with Crippen LogP contribution in [0.5, 0.6) is 0 Å². The first-order valence-electron chi connectivity index (χ1n) is 5.79. The molecular formula is C12H17NO2. The van der Waals surface area contributed by atoms with Crippen molar-refractivity contribution in [3.8, 4) is 0 Å². The number of carbonyl (C=O) groups excluding carboxylic acids is 1. The minimum Gasteiger partial charge on any atom is -0.458 e. The summed E-state index contributed by atoms with van der Waals surface area (Å²) in [6.45, 7) is 4.11. The molecule has 0 saturated carbocycles. The summed E-state index contributed by atoms with van der Waals surface area (Å²) in [4.78, 5) is 11.5. The number of hydrogen-bond donors (Lipinski definition) is 1. The molecule has 3 atom stereocenters. The van der Waals surface area contributed by atoms with E-state index in [1.54, 1.807) is 0 Å². The maximum Gasteiger partial charge on any atom is 0.306 e. The first-order chi connectivity index (χ1) is 7.21. The van der Waals surface area contributed by atoms with Crippen LogP contribution < -0.4 is 5.32 Å². The van der Waals surface area contributed by atoms with Gasteiger partial charge in [-0.2, -0.15) is 0 Å². The van der Waals surface area contributed by atoms with E-state index in [1.807, 2.05) is 0 Å². The van der Waals surface area contributed by atoms with E-state index < -0.39 is 0 Å². The summed E-state index contributed by atoms with van der Waals surface area (Å²) < 4.78 is 5.68. The van der Waals surface area contributed by atoms with Crippen LogP contribution in [0, 0.1) is 11.8 Å². The van der Waals surface area contributed by atoms with Crippen LogP contribution in [-0.2, 0) is 9.53 Å². The number of hydrogen-bond acceptors (Lipinski definition) is 3. The SMILES string of the molecule is CC1=CC[C@@]23OC(=O)C[C@@H]2CNCC3C1. The molecular weight excluding hydrogens is 190 g/mol. The first-order valence-corrected chi connectivity index (χ1v) is 5.79. The molecule has 2 heterocycles. The molecule has 82 valence electrons. The maximum absolute atomic E-state index is 11.5. The fourth-order valence-electron chi connectivity index (χ4n) is 3.40. The molecule has 0 aromatic rings. The number of ether oxygens (including phenoxy) is 1. The molecule has 0 aromatic carbocycles. The lowest BCUT2D eigenvalue weighted by Crippen LogP contribution is -2.56. The monoisotopic (exact) mass is 207 g/mol. The van der Waals surface area contributed by atoms with Crippen molar-refractivity contribution in [2.75, 3.05) is 13.1 Å². The number of esters is 1. The zero-order chi connectivity index (χ0) is 10.5. The van der Waals surface area contributed by atoms with Gasteiger partial charge in [0.15, 0.2) is 0 Å². The Kier molecular flexibility index (Phi) is 1.93. The molecule has 1 aliphatic carbocycles. The number of carbonyl (C=O) groups is 1. The minimum atomic E-state index is -0.151. The zero-order valence-corrected chi connectivity index (χ0v) is 9.08. The van der Waals surface area contributed by atoms with Gasteiger partial charge in [0.2, 0.25) is 0 Å². The lowest BCUT2D eigenvalue weighted by atomic mass is 9.67. The summed E-state index contributed by atoms with van der Waals surface area (Å²) in [5, 5.41) is 3.43. The average molecular weight is 207 g/mol. The van der Waals surface area contributed by atoms with Crippen molar-refractivity contribution in [2.24, 2.45) is 11.8 Å². The molecule has 1 spiro atoms. The molecule has 3 rings (SSSR count). The van der Waals surface area contributed by atoms with Crippen LogP contribution in [0.15, 0.2) is 11.6 Å². The predicted octanol–water partition coefficient (Wildman–Crippen LogP) is 1.25.